The lowest BCUT2D eigenvalue weighted by Crippen LogP contribution is -2.17. The zero-order valence-corrected chi connectivity index (χ0v) is 19.3. The molecule has 0 aliphatic heterocycles. The smallest absolute Gasteiger partial charge is 0.270 e. The zero-order chi connectivity index (χ0) is 25.1. The van der Waals surface area contributed by atoms with Crippen molar-refractivity contribution in [2.45, 2.75) is 0 Å². The van der Waals surface area contributed by atoms with Gasteiger partial charge >= 0.3 is 0 Å². The number of ether oxygens (including phenoxy) is 3. The molecule has 4 aromatic rings. The fourth-order valence-corrected chi connectivity index (χ4v) is 3.64. The molecule has 0 radical (unpaired) electrons. The number of nitro benzene ring substituents is 1. The second-order valence-corrected chi connectivity index (χ2v) is 7.76. The molecule has 1 heterocycles. The third kappa shape index (κ3) is 4.80. The van der Waals surface area contributed by atoms with E-state index in [1.807, 2.05) is 0 Å². The lowest BCUT2D eigenvalue weighted by molar-refractivity contribution is -0.384. The summed E-state index contributed by atoms with van der Waals surface area (Å²) in [5.74, 6) is 0.151. The Kier molecular flexibility index (Phi) is 6.70. The van der Waals surface area contributed by atoms with Gasteiger partial charge in [-0.1, -0.05) is 23.7 Å². The van der Waals surface area contributed by atoms with E-state index in [9.17, 15) is 19.7 Å². The molecule has 0 unspecified atom stereocenters. The topological polar surface area (TPSA) is 118 Å². The lowest BCUT2D eigenvalue weighted by Gasteiger charge is -2.13. The van der Waals surface area contributed by atoms with Crippen molar-refractivity contribution in [2.75, 3.05) is 20.8 Å². The van der Waals surface area contributed by atoms with Gasteiger partial charge < -0.3 is 18.6 Å². The number of nitro groups is 1. The largest absolute Gasteiger partial charge is 0.493 e. The number of methoxy groups -OCH3 is 2. The van der Waals surface area contributed by atoms with Crippen molar-refractivity contribution < 1.29 is 28.3 Å². The summed E-state index contributed by atoms with van der Waals surface area (Å²) in [7, 11) is 2.96. The number of hydrogen-bond donors (Lipinski definition) is 0. The Hall–Kier alpha value is -4.37. The highest BCUT2D eigenvalue weighted by molar-refractivity contribution is 6.31. The number of ketones is 1. The van der Waals surface area contributed by atoms with Gasteiger partial charge in [-0.05, 0) is 36.4 Å². The molecule has 3 aromatic carbocycles. The molecule has 0 saturated heterocycles. The Balaban J connectivity index is 1.79. The molecule has 0 saturated carbocycles. The van der Waals surface area contributed by atoms with E-state index >= 15 is 0 Å². The summed E-state index contributed by atoms with van der Waals surface area (Å²) in [5.41, 5.74) is 0.00290. The van der Waals surface area contributed by atoms with E-state index in [1.165, 1.54) is 38.5 Å². The van der Waals surface area contributed by atoms with Crippen molar-refractivity contribution in [2.24, 2.45) is 0 Å². The highest BCUT2D eigenvalue weighted by Gasteiger charge is 2.21. The first-order valence-electron chi connectivity index (χ1n) is 10.2. The number of benzene rings is 3. The zero-order valence-electron chi connectivity index (χ0n) is 18.6. The van der Waals surface area contributed by atoms with E-state index in [4.69, 9.17) is 30.2 Å². The Morgan fingerprint density at radius 2 is 1.80 bits per heavy atom. The molecule has 0 spiro atoms. The van der Waals surface area contributed by atoms with E-state index in [0.29, 0.717) is 22.1 Å². The van der Waals surface area contributed by atoms with Gasteiger partial charge in [0.1, 0.15) is 5.58 Å². The molecule has 0 atom stereocenters. The number of Topliss-reactive ketones (excluding diaryl/α,β-unsaturated/α-hetero) is 1. The van der Waals surface area contributed by atoms with Crippen LogP contribution >= 0.6 is 11.6 Å². The number of hydrogen-bond acceptors (Lipinski definition) is 8. The van der Waals surface area contributed by atoms with Gasteiger partial charge in [0.15, 0.2) is 29.6 Å². The molecule has 0 bridgehead atoms. The van der Waals surface area contributed by atoms with Gasteiger partial charge in [0.25, 0.3) is 5.69 Å². The Morgan fingerprint density at radius 1 is 1.03 bits per heavy atom. The molecular formula is C25H18ClNO8. The molecular weight excluding hydrogens is 478 g/mol. The van der Waals surface area contributed by atoms with Gasteiger partial charge in [-0.25, -0.2) is 0 Å². The maximum Gasteiger partial charge on any atom is 0.270 e. The van der Waals surface area contributed by atoms with Crippen LogP contribution in [0.1, 0.15) is 10.4 Å². The molecule has 35 heavy (non-hydrogen) atoms. The monoisotopic (exact) mass is 495 g/mol. The average Bonchev–Trinajstić information content (AvgIpc) is 2.87. The fraction of sp³-hybridized carbons (Fsp3) is 0.120. The van der Waals surface area contributed by atoms with Gasteiger partial charge in [0, 0.05) is 28.3 Å². The van der Waals surface area contributed by atoms with E-state index in [-0.39, 0.29) is 33.7 Å². The second kappa shape index (κ2) is 9.86. The molecule has 178 valence electrons. The SMILES string of the molecule is COc1ccc(-c2oc3ccc(Cl)cc3c(=O)c2OCC(=O)c2cccc([N+](=O)[O-])c2)cc1OC. The third-order valence-corrected chi connectivity index (χ3v) is 5.42. The molecule has 4 rings (SSSR count). The molecule has 0 aliphatic carbocycles. The van der Waals surface area contributed by atoms with Crippen molar-refractivity contribution in [3.8, 4) is 28.6 Å². The highest BCUT2D eigenvalue weighted by Crippen LogP contribution is 2.37. The Labute approximate surface area is 203 Å². The van der Waals surface area contributed by atoms with Crippen molar-refractivity contribution in [1.82, 2.24) is 0 Å². The van der Waals surface area contributed by atoms with Crippen LogP contribution in [0, 0.1) is 10.1 Å². The van der Waals surface area contributed by atoms with E-state index < -0.39 is 22.7 Å². The summed E-state index contributed by atoms with van der Waals surface area (Å²) < 4.78 is 22.3. The standard InChI is InChI=1S/C25H18ClNO8/c1-32-21-8-6-15(11-22(21)33-2)24-25(23(29)18-12-16(26)7-9-20(18)35-24)34-13-19(28)14-4-3-5-17(10-14)27(30)31/h3-12H,13H2,1-2H3. The van der Waals surface area contributed by atoms with Crippen LogP contribution < -0.4 is 19.6 Å². The van der Waals surface area contributed by atoms with Crippen molar-refractivity contribution in [3.63, 3.8) is 0 Å². The number of rotatable bonds is 8. The maximum atomic E-state index is 13.3. The molecule has 0 aliphatic rings. The molecule has 0 fully saturated rings. The van der Waals surface area contributed by atoms with Crippen LogP contribution in [0.5, 0.6) is 17.2 Å². The molecule has 1 aromatic heterocycles. The van der Waals surface area contributed by atoms with Gasteiger partial charge in [0.05, 0.1) is 24.5 Å². The number of carbonyl (C=O) groups excluding carboxylic acids is 1. The summed E-state index contributed by atoms with van der Waals surface area (Å²) in [4.78, 5) is 36.5. The van der Waals surface area contributed by atoms with Crippen molar-refractivity contribution >= 4 is 34.0 Å². The minimum absolute atomic E-state index is 0.0672. The Bertz CT molecular complexity index is 1510. The quantitative estimate of drug-likeness (QED) is 0.183. The van der Waals surface area contributed by atoms with Gasteiger partial charge in [0.2, 0.25) is 11.2 Å². The highest BCUT2D eigenvalue weighted by atomic mass is 35.5. The summed E-state index contributed by atoms with van der Waals surface area (Å²) >= 11 is 6.06. The van der Waals surface area contributed by atoms with Gasteiger partial charge in [-0.2, -0.15) is 0 Å². The number of carbonyl (C=O) groups is 1. The van der Waals surface area contributed by atoms with E-state index in [2.05, 4.69) is 0 Å². The van der Waals surface area contributed by atoms with Gasteiger partial charge in [-0.15, -0.1) is 0 Å². The number of halogens is 1. The first-order chi connectivity index (χ1) is 16.8. The normalized spacial score (nSPS) is 10.7. The minimum Gasteiger partial charge on any atom is -0.493 e. The number of non-ortho nitro benzene ring substituents is 1. The third-order valence-electron chi connectivity index (χ3n) is 5.18. The maximum absolute atomic E-state index is 13.3. The van der Waals surface area contributed by atoms with Crippen LogP contribution in [0.3, 0.4) is 0 Å². The van der Waals surface area contributed by atoms with Crippen LogP contribution in [0.25, 0.3) is 22.3 Å². The van der Waals surface area contributed by atoms with Crippen molar-refractivity contribution in [1.29, 1.82) is 0 Å². The van der Waals surface area contributed by atoms with Crippen LogP contribution in [0.15, 0.2) is 69.9 Å². The first kappa shape index (κ1) is 23.8. The molecule has 9 nitrogen and oxygen atoms in total. The van der Waals surface area contributed by atoms with Gasteiger partial charge in [-0.3, -0.25) is 19.7 Å². The molecule has 10 heteroatoms. The van der Waals surface area contributed by atoms with Crippen LogP contribution in [-0.4, -0.2) is 31.5 Å². The minimum atomic E-state index is -0.603. The number of nitrogens with zero attached hydrogens (tertiary/aromatic N) is 1. The van der Waals surface area contributed by atoms with Crippen LogP contribution in [0.2, 0.25) is 5.02 Å². The number of fused-ring (bicyclic) bond motifs is 1. The molecule has 0 amide bonds. The Morgan fingerprint density at radius 3 is 2.51 bits per heavy atom. The summed E-state index contributed by atoms with van der Waals surface area (Å²) in [5, 5.41) is 11.5. The second-order valence-electron chi connectivity index (χ2n) is 7.32. The summed E-state index contributed by atoms with van der Waals surface area (Å²) in [6, 6.07) is 14.7. The summed E-state index contributed by atoms with van der Waals surface area (Å²) in [6.45, 7) is -0.557. The predicted molar refractivity (Wildman–Crippen MR) is 129 cm³/mol. The van der Waals surface area contributed by atoms with E-state index in [0.717, 1.165) is 6.07 Å². The molecule has 0 N–H and O–H groups in total. The lowest BCUT2D eigenvalue weighted by atomic mass is 10.1. The van der Waals surface area contributed by atoms with Crippen molar-refractivity contribution in [3.05, 3.63) is 91.6 Å². The predicted octanol–water partition coefficient (Wildman–Crippen LogP) is 5.30. The van der Waals surface area contributed by atoms with E-state index in [1.54, 1.807) is 30.3 Å². The van der Waals surface area contributed by atoms with Crippen LogP contribution in [0.4, 0.5) is 5.69 Å². The average molecular weight is 496 g/mol. The first-order valence-corrected chi connectivity index (χ1v) is 10.6. The van der Waals surface area contributed by atoms with Crippen LogP contribution in [-0.2, 0) is 0 Å². The summed E-state index contributed by atoms with van der Waals surface area (Å²) in [6.07, 6.45) is 0. The fourth-order valence-electron chi connectivity index (χ4n) is 3.46.